The van der Waals surface area contributed by atoms with Gasteiger partial charge in [-0.25, -0.2) is 0 Å². The lowest BCUT2D eigenvalue weighted by Crippen LogP contribution is -2.48. The molecule has 0 radical (unpaired) electrons. The van der Waals surface area contributed by atoms with Crippen LogP contribution in [-0.4, -0.2) is 35.5 Å². The Labute approximate surface area is 202 Å². The molecule has 3 N–H and O–H groups in total. The average molecular weight is 478 g/mol. The van der Waals surface area contributed by atoms with Gasteiger partial charge in [-0.1, -0.05) is 19.1 Å². The SMILES string of the molecule is CC1(CN2C3CCC2CC(Oc2ccc(C(=O)Nc4ccccc4N)cc2)C3)CC1.Cl.Cl. The van der Waals surface area contributed by atoms with E-state index in [1.165, 1.54) is 32.2 Å². The first-order valence-electron chi connectivity index (χ1n) is 11.2. The standard InChI is InChI=1S/C25H31N3O2.2ClH/c1-25(12-13-25)16-28-18-8-9-19(28)15-21(14-18)30-20-10-6-17(7-11-20)24(29)27-23-5-3-2-4-22(23)26;;/h2-7,10-11,18-19,21H,8-9,12-16,26H2,1H3,(H,27,29);2*1H. The highest BCUT2D eigenvalue weighted by Crippen LogP contribution is 2.49. The number of fused-ring (bicyclic) bond motifs is 2. The molecule has 1 amide bonds. The Morgan fingerprint density at radius 3 is 2.28 bits per heavy atom. The number of carbonyl (C=O) groups excluding carboxylic acids is 1. The number of benzene rings is 2. The van der Waals surface area contributed by atoms with Gasteiger partial charge in [0.05, 0.1) is 11.4 Å². The molecule has 174 valence electrons. The van der Waals surface area contributed by atoms with Gasteiger partial charge in [0, 0.05) is 24.2 Å². The van der Waals surface area contributed by atoms with Crippen LogP contribution in [0.3, 0.4) is 0 Å². The molecule has 32 heavy (non-hydrogen) atoms. The number of nitrogen functional groups attached to an aromatic ring is 1. The van der Waals surface area contributed by atoms with E-state index in [1.807, 2.05) is 36.4 Å². The van der Waals surface area contributed by atoms with Crippen LogP contribution in [0.5, 0.6) is 5.75 Å². The normalized spacial score (nSPS) is 25.2. The van der Waals surface area contributed by atoms with Crippen LogP contribution in [0.2, 0.25) is 0 Å². The smallest absolute Gasteiger partial charge is 0.255 e. The van der Waals surface area contributed by atoms with E-state index < -0.39 is 0 Å². The third kappa shape index (κ3) is 5.33. The van der Waals surface area contributed by atoms with Crippen molar-refractivity contribution in [1.29, 1.82) is 0 Å². The number of hydrogen-bond acceptors (Lipinski definition) is 4. The maximum atomic E-state index is 12.5. The van der Waals surface area contributed by atoms with Crippen LogP contribution in [0.25, 0.3) is 0 Å². The number of hydrogen-bond donors (Lipinski definition) is 2. The fourth-order valence-corrected chi connectivity index (χ4v) is 5.07. The van der Waals surface area contributed by atoms with Crippen molar-refractivity contribution in [3.05, 3.63) is 54.1 Å². The molecule has 1 saturated carbocycles. The molecule has 7 heteroatoms. The number of nitrogens with zero attached hydrogens (tertiary/aromatic N) is 1. The number of para-hydroxylation sites is 2. The fourth-order valence-electron chi connectivity index (χ4n) is 5.07. The second-order valence-corrected chi connectivity index (χ2v) is 9.65. The Bertz CT molecular complexity index is 919. The summed E-state index contributed by atoms with van der Waals surface area (Å²) in [6.45, 7) is 3.70. The molecule has 5 rings (SSSR count). The first-order chi connectivity index (χ1) is 14.5. The van der Waals surface area contributed by atoms with Gasteiger partial charge in [0.25, 0.3) is 5.91 Å². The minimum Gasteiger partial charge on any atom is -0.490 e. The summed E-state index contributed by atoms with van der Waals surface area (Å²) in [5.74, 6) is 0.678. The molecule has 2 saturated heterocycles. The summed E-state index contributed by atoms with van der Waals surface area (Å²) in [5, 5.41) is 2.87. The lowest BCUT2D eigenvalue weighted by atomic mass is 9.97. The molecular weight excluding hydrogens is 445 g/mol. The molecule has 2 heterocycles. The Hall–Kier alpha value is -1.95. The van der Waals surface area contributed by atoms with Crippen LogP contribution in [-0.2, 0) is 0 Å². The van der Waals surface area contributed by atoms with E-state index in [0.29, 0.717) is 34.4 Å². The van der Waals surface area contributed by atoms with Gasteiger partial charge in [-0.3, -0.25) is 9.69 Å². The van der Waals surface area contributed by atoms with Crippen LogP contribution in [0.1, 0.15) is 55.8 Å². The third-order valence-corrected chi connectivity index (χ3v) is 7.14. The van der Waals surface area contributed by atoms with Gasteiger partial charge in [-0.2, -0.15) is 0 Å². The van der Waals surface area contributed by atoms with Crippen molar-refractivity contribution in [3.8, 4) is 5.75 Å². The summed E-state index contributed by atoms with van der Waals surface area (Å²) in [4.78, 5) is 15.3. The maximum absolute atomic E-state index is 12.5. The van der Waals surface area contributed by atoms with Crippen molar-refractivity contribution in [3.63, 3.8) is 0 Å². The monoisotopic (exact) mass is 477 g/mol. The highest BCUT2D eigenvalue weighted by molar-refractivity contribution is 6.05. The van der Waals surface area contributed by atoms with Crippen LogP contribution in [0, 0.1) is 5.41 Å². The van der Waals surface area contributed by atoms with E-state index in [0.717, 1.165) is 18.6 Å². The molecule has 0 aromatic heterocycles. The van der Waals surface area contributed by atoms with Gasteiger partial charge in [-0.05, 0) is 80.3 Å². The topological polar surface area (TPSA) is 67.6 Å². The molecule has 0 spiro atoms. The average Bonchev–Trinajstić information content (AvgIpc) is 3.42. The highest BCUT2D eigenvalue weighted by Gasteiger charge is 2.47. The Balaban J connectivity index is 0.00000144. The summed E-state index contributed by atoms with van der Waals surface area (Å²) in [7, 11) is 0. The van der Waals surface area contributed by atoms with E-state index in [4.69, 9.17) is 10.5 Å². The molecule has 2 aromatic rings. The first-order valence-corrected chi connectivity index (χ1v) is 11.2. The number of rotatable bonds is 6. The maximum Gasteiger partial charge on any atom is 0.255 e. The number of nitrogens with two attached hydrogens (primary N) is 1. The fraction of sp³-hybridized carbons (Fsp3) is 0.480. The second kappa shape index (κ2) is 9.90. The van der Waals surface area contributed by atoms with Crippen molar-refractivity contribution in [2.75, 3.05) is 17.6 Å². The minimum atomic E-state index is -0.167. The Kier molecular flexibility index (Phi) is 7.64. The molecule has 3 fully saturated rings. The number of halogens is 2. The lowest BCUT2D eigenvalue weighted by Gasteiger charge is -2.40. The highest BCUT2D eigenvalue weighted by atomic mass is 35.5. The van der Waals surface area contributed by atoms with Gasteiger partial charge >= 0.3 is 0 Å². The van der Waals surface area contributed by atoms with Crippen molar-refractivity contribution in [2.45, 2.75) is 63.6 Å². The van der Waals surface area contributed by atoms with Gasteiger partial charge in [0.15, 0.2) is 0 Å². The number of nitrogens with one attached hydrogen (secondary N) is 1. The summed E-state index contributed by atoms with van der Waals surface area (Å²) in [5.41, 5.74) is 8.27. The molecule has 2 aliphatic heterocycles. The molecule has 3 aliphatic rings. The summed E-state index contributed by atoms with van der Waals surface area (Å²) < 4.78 is 6.32. The number of anilines is 2. The zero-order valence-electron chi connectivity index (χ0n) is 18.5. The summed E-state index contributed by atoms with van der Waals surface area (Å²) in [6.07, 6.45) is 7.89. The zero-order valence-corrected chi connectivity index (χ0v) is 20.1. The van der Waals surface area contributed by atoms with E-state index >= 15 is 0 Å². The predicted octanol–water partition coefficient (Wildman–Crippen LogP) is 5.54. The van der Waals surface area contributed by atoms with Crippen LogP contribution >= 0.6 is 24.8 Å². The van der Waals surface area contributed by atoms with Crippen LogP contribution in [0.15, 0.2) is 48.5 Å². The van der Waals surface area contributed by atoms with E-state index in [1.54, 1.807) is 12.1 Å². The zero-order chi connectivity index (χ0) is 20.7. The quantitative estimate of drug-likeness (QED) is 0.535. The molecule has 2 unspecified atom stereocenters. The Morgan fingerprint density at radius 1 is 1.06 bits per heavy atom. The van der Waals surface area contributed by atoms with E-state index in [2.05, 4.69) is 17.1 Å². The Morgan fingerprint density at radius 2 is 1.69 bits per heavy atom. The van der Waals surface area contributed by atoms with Gasteiger partial charge in [-0.15, -0.1) is 24.8 Å². The molecular formula is C25H33Cl2N3O2. The van der Waals surface area contributed by atoms with E-state index in [9.17, 15) is 4.79 Å². The largest absolute Gasteiger partial charge is 0.490 e. The molecule has 2 atom stereocenters. The van der Waals surface area contributed by atoms with Gasteiger partial charge in [0.1, 0.15) is 11.9 Å². The van der Waals surface area contributed by atoms with Crippen LogP contribution in [0.4, 0.5) is 11.4 Å². The number of amides is 1. The second-order valence-electron chi connectivity index (χ2n) is 9.65. The van der Waals surface area contributed by atoms with Gasteiger partial charge in [0.2, 0.25) is 0 Å². The minimum absolute atomic E-state index is 0. The number of carbonyl (C=O) groups is 1. The number of piperidine rings is 1. The third-order valence-electron chi connectivity index (χ3n) is 7.14. The van der Waals surface area contributed by atoms with Crippen LogP contribution < -0.4 is 15.8 Å². The van der Waals surface area contributed by atoms with Crippen molar-refractivity contribution < 1.29 is 9.53 Å². The predicted molar refractivity (Wildman–Crippen MR) is 134 cm³/mol. The molecule has 2 bridgehead atoms. The summed E-state index contributed by atoms with van der Waals surface area (Å²) >= 11 is 0. The van der Waals surface area contributed by atoms with Crippen molar-refractivity contribution >= 4 is 42.1 Å². The molecule has 5 nitrogen and oxygen atoms in total. The van der Waals surface area contributed by atoms with Crippen molar-refractivity contribution in [1.82, 2.24) is 4.90 Å². The van der Waals surface area contributed by atoms with Crippen molar-refractivity contribution in [2.24, 2.45) is 5.41 Å². The number of ether oxygens (including phenoxy) is 1. The molecule has 1 aliphatic carbocycles. The van der Waals surface area contributed by atoms with E-state index in [-0.39, 0.29) is 36.8 Å². The summed E-state index contributed by atoms with van der Waals surface area (Å²) in [6, 6.07) is 16.1. The first kappa shape index (κ1) is 24.7. The van der Waals surface area contributed by atoms with Gasteiger partial charge < -0.3 is 15.8 Å². The lowest BCUT2D eigenvalue weighted by molar-refractivity contribution is 0.0384. The molecule has 2 aromatic carbocycles.